The maximum Gasteiger partial charge on any atom is 0.397 e. The molecular weight excluding hydrogens is 1230 g/mol. The van der Waals surface area contributed by atoms with Gasteiger partial charge in [0.05, 0.1) is 78.0 Å². The lowest BCUT2D eigenvalue weighted by molar-refractivity contribution is -0.291. The summed E-state index contributed by atoms with van der Waals surface area (Å²) in [6, 6.07) is 0. The second kappa shape index (κ2) is 28.3. The number of ether oxygens (including phenoxy) is 5. The Hall–Kier alpha value is -0.700. The molecule has 1 heterocycles. The molecule has 2 fully saturated rings. The van der Waals surface area contributed by atoms with Gasteiger partial charge >= 0.3 is 62.4 Å². The van der Waals surface area contributed by atoms with Gasteiger partial charge in [0.25, 0.3) is 0 Å². The van der Waals surface area contributed by atoms with Crippen LogP contribution < -0.4 is 0 Å². The summed E-state index contributed by atoms with van der Waals surface area (Å²) in [6.07, 6.45) is -35.5. The molecule has 51 heteroatoms. The zero-order chi connectivity index (χ0) is 55.5. The maximum absolute atomic E-state index is 12.2. The van der Waals surface area contributed by atoms with Crippen LogP contribution in [0.5, 0.6) is 0 Å². The van der Waals surface area contributed by atoms with Crippen LogP contribution in [-0.4, -0.2) is 233 Å². The van der Waals surface area contributed by atoms with Gasteiger partial charge in [0.2, 0.25) is 0 Å². The summed E-state index contributed by atoms with van der Waals surface area (Å²) < 4.78 is 362. The maximum atomic E-state index is 12.2. The monoisotopic (exact) mass is 1260 g/mol. The van der Waals surface area contributed by atoms with Crippen molar-refractivity contribution in [2.45, 2.75) is 86.0 Å². The number of hydrogen-bond donors (Lipinski definition) is 6. The Morgan fingerprint density at radius 3 is 1.33 bits per heavy atom. The molecule has 0 aromatic carbocycles. The molecular formula is C21H36O41S10-4. The lowest BCUT2D eigenvalue weighted by Gasteiger charge is -2.47. The summed E-state index contributed by atoms with van der Waals surface area (Å²) in [6.45, 7) is -6.42. The lowest BCUT2D eigenvalue weighted by atomic mass is 9.81. The van der Waals surface area contributed by atoms with Crippen LogP contribution in [0.2, 0.25) is 0 Å². The molecule has 4 unspecified atom stereocenters. The van der Waals surface area contributed by atoms with Crippen LogP contribution in [0.15, 0.2) is 0 Å². The van der Waals surface area contributed by atoms with E-state index in [1.165, 1.54) is 0 Å². The van der Waals surface area contributed by atoms with E-state index in [0.29, 0.717) is 14.2 Å². The first kappa shape index (κ1) is 67.4. The largest absolute Gasteiger partial charge is 0.750 e. The topological polar surface area (TPSA) is 625 Å². The Morgan fingerprint density at radius 2 is 0.917 bits per heavy atom. The van der Waals surface area contributed by atoms with Gasteiger partial charge in [0.15, 0.2) is 12.4 Å². The van der Waals surface area contributed by atoms with Gasteiger partial charge in [0.1, 0.15) is 61.0 Å². The average Bonchev–Trinajstić information content (AvgIpc) is 3.16. The minimum atomic E-state index is -6.07. The summed E-state index contributed by atoms with van der Waals surface area (Å²) in [5, 5.41) is 0. The Bertz CT molecular complexity index is 2550. The third-order valence-corrected chi connectivity index (χ3v) is 12.9. The van der Waals surface area contributed by atoms with Crippen molar-refractivity contribution in [2.75, 3.05) is 40.6 Å². The molecule has 1 aliphatic heterocycles. The summed E-state index contributed by atoms with van der Waals surface area (Å²) in [5.74, 6) is -2.18. The van der Waals surface area contributed by atoms with E-state index in [1.54, 1.807) is 0 Å². The molecule has 0 spiro atoms. The van der Waals surface area contributed by atoms with Crippen molar-refractivity contribution in [2.24, 2.45) is 5.92 Å². The Labute approximate surface area is 416 Å². The van der Waals surface area contributed by atoms with Crippen molar-refractivity contribution in [3.05, 3.63) is 0 Å². The van der Waals surface area contributed by atoms with Crippen LogP contribution in [0.25, 0.3) is 0 Å². The lowest BCUT2D eigenvalue weighted by Crippen LogP contribution is -2.63. The van der Waals surface area contributed by atoms with Crippen molar-refractivity contribution in [3.63, 3.8) is 0 Å². The van der Waals surface area contributed by atoms with Gasteiger partial charge in [-0.3, -0.25) is 44.0 Å². The van der Waals surface area contributed by atoms with Gasteiger partial charge < -0.3 is 41.9 Å². The molecule has 0 amide bonds. The third-order valence-electron chi connectivity index (χ3n) is 8.63. The molecule has 1 saturated carbocycles. The van der Waals surface area contributed by atoms with E-state index in [-0.39, 0.29) is 0 Å². The van der Waals surface area contributed by atoms with Gasteiger partial charge in [-0.05, 0) is 6.42 Å². The van der Waals surface area contributed by atoms with Crippen LogP contribution in [0.3, 0.4) is 0 Å². The molecule has 1 aliphatic carbocycles. The van der Waals surface area contributed by atoms with E-state index >= 15 is 0 Å². The molecule has 18 atom stereocenters. The molecule has 0 bridgehead atoms. The van der Waals surface area contributed by atoms with Crippen LogP contribution in [0.1, 0.15) is 6.42 Å². The van der Waals surface area contributed by atoms with Crippen molar-refractivity contribution in [1.29, 1.82) is 0 Å². The predicted molar refractivity (Wildman–Crippen MR) is 210 cm³/mol. The molecule has 2 rings (SSSR count). The van der Waals surface area contributed by atoms with E-state index in [1.807, 2.05) is 0 Å². The van der Waals surface area contributed by atoms with Gasteiger partial charge in [-0.1, -0.05) is 0 Å². The fourth-order valence-corrected chi connectivity index (χ4v) is 10.7. The number of hydrogen-bond acceptors (Lipinski definition) is 35. The normalized spacial score (nSPS) is 29.6. The minimum Gasteiger partial charge on any atom is -0.750 e. The van der Waals surface area contributed by atoms with E-state index in [4.69, 9.17) is 32.8 Å². The smallest absolute Gasteiger partial charge is 0.397 e. The zero-order valence-corrected chi connectivity index (χ0v) is 42.8. The minimum absolute atomic E-state index is 0.606. The molecule has 1 saturated heterocycles. The summed E-state index contributed by atoms with van der Waals surface area (Å²) in [5.41, 5.74) is 0. The van der Waals surface area contributed by atoms with Crippen molar-refractivity contribution in [3.8, 4) is 0 Å². The Morgan fingerprint density at radius 1 is 0.500 bits per heavy atom. The first-order chi connectivity index (χ1) is 32.6. The van der Waals surface area contributed by atoms with Crippen LogP contribution in [0, 0.1) is 5.92 Å². The second-order valence-electron chi connectivity index (χ2n) is 13.2. The third kappa shape index (κ3) is 25.2. The zero-order valence-electron chi connectivity index (χ0n) is 34.7. The second-order valence-corrected chi connectivity index (χ2v) is 22.0. The fraction of sp³-hybridized carbons (Fsp3) is 1.00. The fourth-order valence-electron chi connectivity index (χ4n) is 6.44. The Kier molecular flexibility index (Phi) is 26.5. The van der Waals surface area contributed by atoms with Gasteiger partial charge in [-0.25, -0.2) is 41.9 Å². The van der Waals surface area contributed by atoms with Crippen LogP contribution in [-0.2, 0) is 173 Å². The van der Waals surface area contributed by atoms with E-state index in [9.17, 15) is 104 Å². The Balaban J connectivity index is 2.89. The van der Waals surface area contributed by atoms with Crippen molar-refractivity contribution >= 4 is 108 Å². The SMILES string of the molecule is CO[C@@H]([C@H](OC)[C@@H](COS(=O)(=O)O)OS(=O)(=O)O)[C@@H](CO[C@@H]1C[C@H](CO[C@@H]2O[C@H](COS(=O)(=O)O)[C@@H](OS(=O)[O-])[C@H](OS(=O)[O-])[C@H]2OS(=O)[O-])[C@@H](OS(=O)[O-])[C@H](OS(=O)(=O)O)[C@H]1OS(=O)(=O)O)OS(=O)(=O)O. The summed E-state index contributed by atoms with van der Waals surface area (Å²) in [4.78, 5) is 0. The van der Waals surface area contributed by atoms with Gasteiger partial charge in [-0.2, -0.15) is 50.5 Å². The molecule has 430 valence electrons. The number of methoxy groups -OCH3 is 2. The first-order valence-corrected chi connectivity index (χ1v) is 29.7. The predicted octanol–water partition coefficient (Wildman–Crippen LogP) is -7.73. The molecule has 6 N–H and O–H groups in total. The molecule has 0 aromatic heterocycles. The van der Waals surface area contributed by atoms with Crippen molar-refractivity contribution in [1.82, 2.24) is 0 Å². The highest BCUT2D eigenvalue weighted by Crippen LogP contribution is 2.38. The highest BCUT2D eigenvalue weighted by Gasteiger charge is 2.55. The standard InChI is InChI=1S/C21H40O41S10/c1-48-14(15(49-2)12(60-70(39,40)41)7-53-68(33,34)35)11(59-69(36,37)38)5-50-9-3-8(13(55-63(22)23)19(62-72(45,46)47)17(9)61-71(42,43)44)4-51-21-20(58-66(28)29)18(57-65(26)27)16(56-64(24)25)10(54-21)6-52-67(30,31)32/h8-21H,3-7H2,1-2H3,(H,22,23)(H,24,25)(H,26,27)(H,28,29)(H,30,31,32)(H,33,34,35)(H,36,37,38)(H,39,40,41)(H,42,43,44)(H,45,46,47)/p-4/t8-,9-,10-,11-,12-,13-,14-,15-,16-,17+,18+,19+,20-,21-/m1/s1. The van der Waals surface area contributed by atoms with E-state index in [2.05, 4.69) is 41.8 Å². The highest BCUT2D eigenvalue weighted by molar-refractivity contribution is 7.82. The van der Waals surface area contributed by atoms with Gasteiger partial charge in [0, 0.05) is 20.1 Å². The quantitative estimate of drug-likeness (QED) is 0.0263. The molecule has 0 radical (unpaired) electrons. The van der Waals surface area contributed by atoms with Gasteiger partial charge in [-0.15, -0.1) is 0 Å². The van der Waals surface area contributed by atoms with Crippen LogP contribution >= 0.6 is 0 Å². The highest BCUT2D eigenvalue weighted by atomic mass is 32.3. The van der Waals surface area contributed by atoms with Crippen molar-refractivity contribution < 1.29 is 178 Å². The van der Waals surface area contributed by atoms with E-state index < -0.39 is 226 Å². The summed E-state index contributed by atoms with van der Waals surface area (Å²) in [7, 11) is -33.5. The van der Waals surface area contributed by atoms with E-state index in [0.717, 1.165) is 0 Å². The molecule has 41 nitrogen and oxygen atoms in total. The molecule has 72 heavy (non-hydrogen) atoms. The summed E-state index contributed by atoms with van der Waals surface area (Å²) >= 11 is -15.5. The first-order valence-electron chi connectivity index (χ1n) is 17.5. The average molecular weight is 1270 g/mol. The molecule has 0 aromatic rings. The van der Waals surface area contributed by atoms with Crippen LogP contribution in [0.4, 0.5) is 0 Å². The number of rotatable bonds is 33. The molecule has 2 aliphatic rings.